The molecule has 1 N–H and O–H groups in total. The number of nitrogens with zero attached hydrogens (tertiary/aromatic N) is 1. The third kappa shape index (κ3) is 8.47. The van der Waals surface area contributed by atoms with Gasteiger partial charge in [0.1, 0.15) is 0 Å². The van der Waals surface area contributed by atoms with Crippen molar-refractivity contribution < 1.29 is 0 Å². The van der Waals surface area contributed by atoms with E-state index >= 15 is 0 Å². The van der Waals surface area contributed by atoms with Gasteiger partial charge in [0.05, 0.1) is 6.54 Å². The van der Waals surface area contributed by atoms with E-state index in [4.69, 9.17) is 0 Å². The first-order chi connectivity index (χ1) is 7.24. The minimum absolute atomic E-state index is 0.585. The minimum atomic E-state index is 0.585. The van der Waals surface area contributed by atoms with Crippen LogP contribution < -0.4 is 5.32 Å². The molecular formula is C13H26N2. The average Bonchev–Trinajstić information content (AvgIpc) is 2.25. The Kier molecular flexibility index (Phi) is 9.67. The van der Waals surface area contributed by atoms with Gasteiger partial charge in [0.25, 0.3) is 0 Å². The van der Waals surface area contributed by atoms with E-state index in [1.807, 2.05) is 6.92 Å². The van der Waals surface area contributed by atoms with Crippen molar-refractivity contribution in [2.24, 2.45) is 0 Å². The summed E-state index contributed by atoms with van der Waals surface area (Å²) >= 11 is 0. The molecule has 2 heteroatoms. The van der Waals surface area contributed by atoms with Crippen LogP contribution in [0.25, 0.3) is 0 Å². The van der Waals surface area contributed by atoms with E-state index < -0.39 is 0 Å². The van der Waals surface area contributed by atoms with E-state index in [0.29, 0.717) is 6.04 Å². The van der Waals surface area contributed by atoms with Crippen LogP contribution in [-0.2, 0) is 0 Å². The topological polar surface area (TPSA) is 15.3 Å². The Morgan fingerprint density at radius 3 is 2.47 bits per heavy atom. The molecule has 0 fully saturated rings. The lowest BCUT2D eigenvalue weighted by Crippen LogP contribution is -2.29. The number of hydrogen-bond donors (Lipinski definition) is 1. The van der Waals surface area contributed by atoms with Gasteiger partial charge < -0.3 is 10.2 Å². The van der Waals surface area contributed by atoms with Gasteiger partial charge in [0, 0.05) is 6.04 Å². The largest absolute Gasteiger partial charge is 0.304 e. The zero-order valence-electron chi connectivity index (χ0n) is 10.8. The first-order valence-electron chi connectivity index (χ1n) is 6.09. The minimum Gasteiger partial charge on any atom is -0.304 e. The SMILES string of the molecule is CC#CCNC(C)CCCN(CC)CC. The van der Waals surface area contributed by atoms with Crippen LogP contribution in [0.1, 0.15) is 40.5 Å². The van der Waals surface area contributed by atoms with Gasteiger partial charge in [-0.15, -0.1) is 5.92 Å². The molecule has 0 bridgehead atoms. The van der Waals surface area contributed by atoms with Crippen LogP contribution in [-0.4, -0.2) is 37.1 Å². The number of hydrogen-bond acceptors (Lipinski definition) is 2. The smallest absolute Gasteiger partial charge is 0.0578 e. The van der Waals surface area contributed by atoms with Gasteiger partial charge in [-0.1, -0.05) is 19.8 Å². The van der Waals surface area contributed by atoms with Crippen LogP contribution in [0.5, 0.6) is 0 Å². The Morgan fingerprint density at radius 1 is 1.27 bits per heavy atom. The van der Waals surface area contributed by atoms with Gasteiger partial charge in [0.2, 0.25) is 0 Å². The maximum atomic E-state index is 3.40. The van der Waals surface area contributed by atoms with Crippen molar-refractivity contribution in [3.8, 4) is 11.8 Å². The molecule has 15 heavy (non-hydrogen) atoms. The fraction of sp³-hybridized carbons (Fsp3) is 0.846. The van der Waals surface area contributed by atoms with Crippen LogP contribution in [0.15, 0.2) is 0 Å². The quantitative estimate of drug-likeness (QED) is 0.617. The standard InChI is InChI=1S/C13H26N2/c1-5-8-11-14-13(4)10-9-12-15(6-2)7-3/h13-14H,6-7,9-12H2,1-4H3. The molecule has 88 valence electrons. The molecule has 0 radical (unpaired) electrons. The second-order valence-electron chi connectivity index (χ2n) is 3.88. The predicted octanol–water partition coefficient (Wildman–Crippen LogP) is 2.11. The zero-order chi connectivity index (χ0) is 11.5. The lowest BCUT2D eigenvalue weighted by molar-refractivity contribution is 0.291. The summed E-state index contributed by atoms with van der Waals surface area (Å²) < 4.78 is 0. The van der Waals surface area contributed by atoms with Crippen molar-refractivity contribution in [1.82, 2.24) is 10.2 Å². The summed E-state index contributed by atoms with van der Waals surface area (Å²) in [5, 5.41) is 3.40. The molecule has 0 aliphatic carbocycles. The Balaban J connectivity index is 3.43. The van der Waals surface area contributed by atoms with E-state index in [1.54, 1.807) is 0 Å². The summed E-state index contributed by atoms with van der Waals surface area (Å²) in [4.78, 5) is 2.47. The van der Waals surface area contributed by atoms with Gasteiger partial charge >= 0.3 is 0 Å². The van der Waals surface area contributed by atoms with Crippen molar-refractivity contribution in [3.63, 3.8) is 0 Å². The average molecular weight is 210 g/mol. The van der Waals surface area contributed by atoms with Gasteiger partial charge in [-0.3, -0.25) is 0 Å². The summed E-state index contributed by atoms with van der Waals surface area (Å²) in [6.07, 6.45) is 2.51. The van der Waals surface area contributed by atoms with Gasteiger partial charge in [-0.05, 0) is 46.3 Å². The van der Waals surface area contributed by atoms with Crippen molar-refractivity contribution >= 4 is 0 Å². The third-order valence-corrected chi connectivity index (χ3v) is 2.72. The van der Waals surface area contributed by atoms with Crippen molar-refractivity contribution in [2.75, 3.05) is 26.2 Å². The van der Waals surface area contributed by atoms with E-state index in [9.17, 15) is 0 Å². The molecule has 0 aromatic rings. The fourth-order valence-electron chi connectivity index (χ4n) is 1.58. The highest BCUT2D eigenvalue weighted by Gasteiger charge is 2.02. The second kappa shape index (κ2) is 10.0. The Labute approximate surface area is 95.4 Å². The summed E-state index contributed by atoms with van der Waals surface area (Å²) in [5.74, 6) is 5.92. The van der Waals surface area contributed by atoms with Crippen LogP contribution in [0.2, 0.25) is 0 Å². The van der Waals surface area contributed by atoms with Crippen LogP contribution in [0.3, 0.4) is 0 Å². The molecule has 0 aliphatic rings. The lowest BCUT2D eigenvalue weighted by atomic mass is 10.2. The molecule has 1 atom stereocenters. The Morgan fingerprint density at radius 2 is 1.93 bits per heavy atom. The third-order valence-electron chi connectivity index (χ3n) is 2.72. The second-order valence-corrected chi connectivity index (χ2v) is 3.88. The molecule has 0 aromatic heterocycles. The van der Waals surface area contributed by atoms with E-state index in [1.165, 1.54) is 32.5 Å². The Bertz CT molecular complexity index is 186. The zero-order valence-corrected chi connectivity index (χ0v) is 10.8. The number of nitrogens with one attached hydrogen (secondary N) is 1. The van der Waals surface area contributed by atoms with Crippen LogP contribution in [0.4, 0.5) is 0 Å². The van der Waals surface area contributed by atoms with Crippen LogP contribution >= 0.6 is 0 Å². The van der Waals surface area contributed by atoms with Crippen molar-refractivity contribution in [3.05, 3.63) is 0 Å². The molecule has 1 unspecified atom stereocenters. The molecular weight excluding hydrogens is 184 g/mol. The monoisotopic (exact) mass is 210 g/mol. The first-order valence-corrected chi connectivity index (χ1v) is 6.09. The van der Waals surface area contributed by atoms with Crippen molar-refractivity contribution in [1.29, 1.82) is 0 Å². The molecule has 0 aromatic carbocycles. The highest BCUT2D eigenvalue weighted by molar-refractivity contribution is 4.97. The summed E-state index contributed by atoms with van der Waals surface area (Å²) in [7, 11) is 0. The maximum Gasteiger partial charge on any atom is 0.0578 e. The fourth-order valence-corrected chi connectivity index (χ4v) is 1.58. The van der Waals surface area contributed by atoms with Crippen molar-refractivity contribution in [2.45, 2.75) is 46.6 Å². The molecule has 0 amide bonds. The van der Waals surface area contributed by atoms with E-state index in [0.717, 1.165) is 6.54 Å². The molecule has 0 rings (SSSR count). The molecule has 0 saturated heterocycles. The van der Waals surface area contributed by atoms with Gasteiger partial charge in [0.15, 0.2) is 0 Å². The highest BCUT2D eigenvalue weighted by atomic mass is 15.1. The molecule has 0 spiro atoms. The molecule has 0 saturated carbocycles. The summed E-state index contributed by atoms with van der Waals surface area (Å²) in [6.45, 7) is 12.9. The van der Waals surface area contributed by atoms with Gasteiger partial charge in [-0.2, -0.15) is 0 Å². The predicted molar refractivity (Wildman–Crippen MR) is 67.9 cm³/mol. The van der Waals surface area contributed by atoms with E-state index in [-0.39, 0.29) is 0 Å². The van der Waals surface area contributed by atoms with E-state index in [2.05, 4.69) is 42.8 Å². The first kappa shape index (κ1) is 14.5. The number of rotatable bonds is 8. The van der Waals surface area contributed by atoms with Crippen LogP contribution in [0, 0.1) is 11.8 Å². The lowest BCUT2D eigenvalue weighted by Gasteiger charge is -2.19. The highest BCUT2D eigenvalue weighted by Crippen LogP contribution is 1.99. The van der Waals surface area contributed by atoms with Gasteiger partial charge in [-0.25, -0.2) is 0 Å². The molecule has 2 nitrogen and oxygen atoms in total. The molecule has 0 aliphatic heterocycles. The Hall–Kier alpha value is -0.520. The normalized spacial score (nSPS) is 12.3. The summed E-state index contributed by atoms with van der Waals surface area (Å²) in [5.41, 5.74) is 0. The molecule has 0 heterocycles. The summed E-state index contributed by atoms with van der Waals surface area (Å²) in [6, 6.07) is 0.585. The maximum absolute atomic E-state index is 3.40.